The molecule has 2 aromatic rings. The maximum absolute atomic E-state index is 5.64. The first-order chi connectivity index (χ1) is 7.09. The summed E-state index contributed by atoms with van der Waals surface area (Å²) in [7, 11) is 1.78. The Morgan fingerprint density at radius 1 is 1.40 bits per heavy atom. The van der Waals surface area contributed by atoms with Crippen molar-refractivity contribution in [3.63, 3.8) is 0 Å². The van der Waals surface area contributed by atoms with Crippen LogP contribution in [0.3, 0.4) is 0 Å². The molecule has 0 radical (unpaired) electrons. The van der Waals surface area contributed by atoms with Gasteiger partial charge in [-0.25, -0.2) is 4.68 Å². The highest BCUT2D eigenvalue weighted by molar-refractivity contribution is 9.10. The molecule has 0 spiro atoms. The summed E-state index contributed by atoms with van der Waals surface area (Å²) in [6, 6.07) is 5.93. The molecule has 0 saturated heterocycles. The highest BCUT2D eigenvalue weighted by Crippen LogP contribution is 2.26. The van der Waals surface area contributed by atoms with Crippen molar-refractivity contribution < 1.29 is 0 Å². The van der Waals surface area contributed by atoms with E-state index in [2.05, 4.69) is 26.0 Å². The molecule has 2 N–H and O–H groups in total. The Hall–Kier alpha value is -1.36. The smallest absolute Gasteiger partial charge is 0.218 e. The van der Waals surface area contributed by atoms with Crippen LogP contribution in [0.25, 0.3) is 11.4 Å². The van der Waals surface area contributed by atoms with Crippen LogP contribution in [-0.4, -0.2) is 14.8 Å². The average molecular weight is 267 g/mol. The zero-order valence-electron chi connectivity index (χ0n) is 8.53. The lowest BCUT2D eigenvalue weighted by Gasteiger charge is -2.02. The monoisotopic (exact) mass is 266 g/mol. The van der Waals surface area contributed by atoms with Crippen LogP contribution in [0, 0.1) is 6.92 Å². The summed E-state index contributed by atoms with van der Waals surface area (Å²) in [4.78, 5) is 4.19. The molecule has 0 fully saturated rings. The molecule has 1 heterocycles. The van der Waals surface area contributed by atoms with Gasteiger partial charge in [-0.1, -0.05) is 28.1 Å². The highest BCUT2D eigenvalue weighted by Gasteiger charge is 2.10. The van der Waals surface area contributed by atoms with Gasteiger partial charge in [-0.2, -0.15) is 4.98 Å². The maximum Gasteiger partial charge on any atom is 0.218 e. The van der Waals surface area contributed by atoms with Crippen LogP contribution in [0.1, 0.15) is 5.56 Å². The van der Waals surface area contributed by atoms with E-state index >= 15 is 0 Å². The topological polar surface area (TPSA) is 56.7 Å². The first kappa shape index (κ1) is 10.2. The number of hydrogen-bond acceptors (Lipinski definition) is 3. The number of nitrogens with two attached hydrogens (primary N) is 1. The molecule has 1 aromatic heterocycles. The Morgan fingerprint density at radius 3 is 2.73 bits per heavy atom. The summed E-state index contributed by atoms with van der Waals surface area (Å²) in [6.45, 7) is 2.02. The lowest BCUT2D eigenvalue weighted by atomic mass is 10.1. The van der Waals surface area contributed by atoms with Gasteiger partial charge in [-0.3, -0.25) is 0 Å². The second-order valence-corrected chi connectivity index (χ2v) is 4.18. The van der Waals surface area contributed by atoms with Crippen molar-refractivity contribution in [2.45, 2.75) is 6.92 Å². The largest absolute Gasteiger partial charge is 0.368 e. The third kappa shape index (κ3) is 1.74. The summed E-state index contributed by atoms with van der Waals surface area (Å²) in [5.41, 5.74) is 7.75. The number of aryl methyl sites for hydroxylation is 1. The number of nitrogens with zero attached hydrogens (tertiary/aromatic N) is 3. The van der Waals surface area contributed by atoms with Crippen LogP contribution >= 0.6 is 15.9 Å². The minimum atomic E-state index is 0.421. The SMILES string of the molecule is Cc1c(Br)cccc1-c1nc(N)n(C)n1. The van der Waals surface area contributed by atoms with E-state index < -0.39 is 0 Å². The van der Waals surface area contributed by atoms with Gasteiger partial charge in [0.1, 0.15) is 0 Å². The van der Waals surface area contributed by atoms with Crippen LogP contribution in [-0.2, 0) is 7.05 Å². The molecular weight excluding hydrogens is 256 g/mol. The molecular formula is C10H11BrN4. The van der Waals surface area contributed by atoms with E-state index in [-0.39, 0.29) is 0 Å². The van der Waals surface area contributed by atoms with Gasteiger partial charge in [0.2, 0.25) is 5.95 Å². The quantitative estimate of drug-likeness (QED) is 0.861. The van der Waals surface area contributed by atoms with Gasteiger partial charge in [-0.15, -0.1) is 5.10 Å². The maximum atomic E-state index is 5.64. The molecule has 0 amide bonds. The fourth-order valence-corrected chi connectivity index (χ4v) is 1.73. The van der Waals surface area contributed by atoms with Crippen molar-refractivity contribution in [2.75, 3.05) is 5.73 Å². The lowest BCUT2D eigenvalue weighted by molar-refractivity contribution is 0.780. The van der Waals surface area contributed by atoms with Gasteiger partial charge in [-0.05, 0) is 18.6 Å². The molecule has 0 atom stereocenters. The Balaban J connectivity index is 2.59. The average Bonchev–Trinajstić information content (AvgIpc) is 2.51. The summed E-state index contributed by atoms with van der Waals surface area (Å²) >= 11 is 3.48. The van der Waals surface area contributed by atoms with E-state index in [0.717, 1.165) is 15.6 Å². The van der Waals surface area contributed by atoms with Crippen LogP contribution in [0.4, 0.5) is 5.95 Å². The molecule has 78 valence electrons. The highest BCUT2D eigenvalue weighted by atomic mass is 79.9. The van der Waals surface area contributed by atoms with Crippen molar-refractivity contribution in [1.29, 1.82) is 0 Å². The Bertz CT molecular complexity index is 485. The lowest BCUT2D eigenvalue weighted by Crippen LogP contribution is -1.97. The standard InChI is InChI=1S/C10H11BrN4/c1-6-7(4-3-5-8(6)11)9-13-10(12)15(2)14-9/h3-5H,1-2H3,(H2,12,13,14). The van der Waals surface area contributed by atoms with Crippen LogP contribution in [0.15, 0.2) is 22.7 Å². The Labute approximate surface area is 96.3 Å². The fraction of sp³-hybridized carbons (Fsp3) is 0.200. The predicted octanol–water partition coefficient (Wildman–Crippen LogP) is 2.14. The van der Waals surface area contributed by atoms with E-state index in [1.54, 1.807) is 11.7 Å². The molecule has 0 aliphatic rings. The summed E-state index contributed by atoms with van der Waals surface area (Å²) in [5.74, 6) is 1.08. The molecule has 5 heteroatoms. The Kier molecular flexibility index (Phi) is 2.48. The molecule has 0 saturated carbocycles. The number of nitrogen functional groups attached to an aromatic ring is 1. The number of halogens is 1. The minimum absolute atomic E-state index is 0.421. The second-order valence-electron chi connectivity index (χ2n) is 3.33. The van der Waals surface area contributed by atoms with Crippen molar-refractivity contribution in [1.82, 2.24) is 14.8 Å². The van der Waals surface area contributed by atoms with Crippen molar-refractivity contribution in [3.8, 4) is 11.4 Å². The molecule has 0 aliphatic carbocycles. The first-order valence-electron chi connectivity index (χ1n) is 4.51. The number of hydrogen-bond donors (Lipinski definition) is 1. The molecule has 4 nitrogen and oxygen atoms in total. The van der Waals surface area contributed by atoms with Crippen LogP contribution < -0.4 is 5.73 Å². The molecule has 0 aliphatic heterocycles. The second kappa shape index (κ2) is 3.66. The van der Waals surface area contributed by atoms with E-state index in [9.17, 15) is 0 Å². The molecule has 0 unspecified atom stereocenters. The molecule has 15 heavy (non-hydrogen) atoms. The molecule has 0 bridgehead atoms. The number of anilines is 1. The van der Waals surface area contributed by atoms with Crippen molar-refractivity contribution in [3.05, 3.63) is 28.2 Å². The summed E-state index contributed by atoms with van der Waals surface area (Å²) in [5, 5.41) is 4.24. The molecule has 2 rings (SSSR count). The minimum Gasteiger partial charge on any atom is -0.368 e. The van der Waals surface area contributed by atoms with Gasteiger partial charge in [0.25, 0.3) is 0 Å². The fourth-order valence-electron chi connectivity index (χ4n) is 1.36. The number of aromatic nitrogens is 3. The van der Waals surface area contributed by atoms with Gasteiger partial charge < -0.3 is 5.73 Å². The third-order valence-electron chi connectivity index (χ3n) is 2.31. The van der Waals surface area contributed by atoms with Gasteiger partial charge in [0, 0.05) is 17.1 Å². The first-order valence-corrected chi connectivity index (χ1v) is 5.31. The van der Waals surface area contributed by atoms with Gasteiger partial charge in [0.15, 0.2) is 5.82 Å². The zero-order chi connectivity index (χ0) is 11.0. The van der Waals surface area contributed by atoms with Crippen molar-refractivity contribution >= 4 is 21.9 Å². The third-order valence-corrected chi connectivity index (χ3v) is 3.16. The normalized spacial score (nSPS) is 10.6. The molecule has 1 aromatic carbocycles. The number of benzene rings is 1. The zero-order valence-corrected chi connectivity index (χ0v) is 10.1. The predicted molar refractivity (Wildman–Crippen MR) is 63.3 cm³/mol. The number of rotatable bonds is 1. The van der Waals surface area contributed by atoms with Gasteiger partial charge >= 0.3 is 0 Å². The summed E-state index contributed by atoms with van der Waals surface area (Å²) in [6.07, 6.45) is 0. The van der Waals surface area contributed by atoms with E-state index in [4.69, 9.17) is 5.73 Å². The summed E-state index contributed by atoms with van der Waals surface area (Å²) < 4.78 is 2.61. The van der Waals surface area contributed by atoms with Crippen LogP contribution in [0.2, 0.25) is 0 Å². The van der Waals surface area contributed by atoms with E-state index in [1.807, 2.05) is 25.1 Å². The van der Waals surface area contributed by atoms with E-state index in [1.165, 1.54) is 0 Å². The Morgan fingerprint density at radius 2 is 2.13 bits per heavy atom. The van der Waals surface area contributed by atoms with Gasteiger partial charge in [0.05, 0.1) is 0 Å². The van der Waals surface area contributed by atoms with Crippen LogP contribution in [0.5, 0.6) is 0 Å². The van der Waals surface area contributed by atoms with E-state index in [0.29, 0.717) is 11.8 Å². The van der Waals surface area contributed by atoms with Crippen molar-refractivity contribution in [2.24, 2.45) is 7.05 Å².